The van der Waals surface area contributed by atoms with E-state index in [0.717, 1.165) is 17.7 Å². The number of hydrogen-bond acceptors (Lipinski definition) is 2. The van der Waals surface area contributed by atoms with E-state index in [4.69, 9.17) is 0 Å². The highest BCUT2D eigenvalue weighted by atomic mass is 15.0. The molecule has 0 aliphatic carbocycles. The Bertz CT molecular complexity index is 378. The maximum Gasteiger partial charge on any atom is 0.0992 e. The summed E-state index contributed by atoms with van der Waals surface area (Å²) in [4.78, 5) is 4.04. The largest absolute Gasteiger partial charge is 0.385 e. The predicted molar refractivity (Wildman–Crippen MR) is 49.4 cm³/mol. The zero-order chi connectivity index (χ0) is 8.39. The molecule has 3 heteroatoms. The van der Waals surface area contributed by atoms with E-state index in [0.29, 0.717) is 0 Å². The Hall–Kier alpha value is -1.51. The van der Waals surface area contributed by atoms with Gasteiger partial charge < -0.3 is 9.72 Å². The van der Waals surface area contributed by atoms with Crippen LogP contribution in [0.5, 0.6) is 0 Å². The van der Waals surface area contributed by atoms with Gasteiger partial charge in [0.05, 0.1) is 18.0 Å². The molecule has 0 aliphatic heterocycles. The van der Waals surface area contributed by atoms with Crippen molar-refractivity contribution in [3.8, 4) is 0 Å². The summed E-state index contributed by atoms with van der Waals surface area (Å²) in [5, 5.41) is 3.25. The molecule has 12 heavy (non-hydrogen) atoms. The third-order valence-electron chi connectivity index (χ3n) is 1.79. The molecule has 0 saturated heterocycles. The molecule has 2 aromatic heterocycles. The van der Waals surface area contributed by atoms with Crippen LogP contribution in [0.2, 0.25) is 0 Å². The van der Waals surface area contributed by atoms with E-state index < -0.39 is 0 Å². The highest BCUT2D eigenvalue weighted by Gasteiger charge is 1.93. The van der Waals surface area contributed by atoms with Gasteiger partial charge in [-0.2, -0.15) is 0 Å². The van der Waals surface area contributed by atoms with Gasteiger partial charge in [0, 0.05) is 18.4 Å². The molecule has 0 amide bonds. The maximum absolute atomic E-state index is 4.04. The summed E-state index contributed by atoms with van der Waals surface area (Å²) < 4.78 is 1.99. The summed E-state index contributed by atoms with van der Waals surface area (Å²) in [5.41, 5.74) is 2.26. The van der Waals surface area contributed by atoms with Crippen LogP contribution in [-0.2, 0) is 0 Å². The Labute approximate surface area is 71.0 Å². The minimum Gasteiger partial charge on any atom is -0.385 e. The van der Waals surface area contributed by atoms with Crippen molar-refractivity contribution >= 4 is 11.2 Å². The summed E-state index contributed by atoms with van der Waals surface area (Å²) >= 11 is 0. The molecular formula is C9H11N3. The smallest absolute Gasteiger partial charge is 0.0992 e. The molecule has 1 N–H and O–H groups in total. The van der Waals surface area contributed by atoms with Gasteiger partial charge in [0.25, 0.3) is 0 Å². The van der Waals surface area contributed by atoms with Crippen molar-refractivity contribution in [1.82, 2.24) is 9.38 Å². The number of hydrogen-bond donors (Lipinski definition) is 1. The number of rotatable bonds is 2. The van der Waals surface area contributed by atoms with Crippen LogP contribution in [0.3, 0.4) is 0 Å². The van der Waals surface area contributed by atoms with Crippen molar-refractivity contribution < 1.29 is 0 Å². The van der Waals surface area contributed by atoms with Crippen molar-refractivity contribution in [3.05, 3.63) is 30.9 Å². The molecule has 0 saturated carbocycles. The van der Waals surface area contributed by atoms with Crippen molar-refractivity contribution in [2.75, 3.05) is 11.9 Å². The molecule has 2 aromatic rings. The second kappa shape index (κ2) is 2.85. The molecule has 0 aromatic carbocycles. The summed E-state index contributed by atoms with van der Waals surface area (Å²) in [5.74, 6) is 0. The van der Waals surface area contributed by atoms with Crippen molar-refractivity contribution in [3.63, 3.8) is 0 Å². The molecule has 0 bridgehead atoms. The molecule has 0 fully saturated rings. The number of nitrogens with zero attached hydrogens (tertiary/aromatic N) is 2. The zero-order valence-electron chi connectivity index (χ0n) is 6.99. The zero-order valence-corrected chi connectivity index (χ0v) is 6.99. The summed E-state index contributed by atoms with van der Waals surface area (Å²) in [6.45, 7) is 3.03. The van der Waals surface area contributed by atoms with Crippen LogP contribution >= 0.6 is 0 Å². The van der Waals surface area contributed by atoms with Crippen molar-refractivity contribution in [1.29, 1.82) is 0 Å². The number of nitrogens with one attached hydrogen (secondary N) is 1. The molecule has 0 unspecified atom stereocenters. The normalized spacial score (nSPS) is 10.4. The second-order valence-corrected chi connectivity index (χ2v) is 2.67. The van der Waals surface area contributed by atoms with Gasteiger partial charge in [0.1, 0.15) is 0 Å². The number of aromatic nitrogens is 2. The average Bonchev–Trinajstić information content (AvgIpc) is 2.51. The fourth-order valence-corrected chi connectivity index (χ4v) is 1.23. The topological polar surface area (TPSA) is 29.3 Å². The van der Waals surface area contributed by atoms with E-state index in [-0.39, 0.29) is 0 Å². The van der Waals surface area contributed by atoms with Crippen LogP contribution in [0.25, 0.3) is 5.52 Å². The van der Waals surface area contributed by atoms with Gasteiger partial charge in [0.15, 0.2) is 0 Å². The van der Waals surface area contributed by atoms with Crippen LogP contribution in [0.1, 0.15) is 6.92 Å². The molecule has 0 atom stereocenters. The van der Waals surface area contributed by atoms with Gasteiger partial charge in [-0.05, 0) is 19.1 Å². The molecule has 2 heterocycles. The first-order valence-electron chi connectivity index (χ1n) is 4.06. The van der Waals surface area contributed by atoms with Gasteiger partial charge in [0.2, 0.25) is 0 Å². The van der Waals surface area contributed by atoms with Gasteiger partial charge >= 0.3 is 0 Å². The first-order chi connectivity index (χ1) is 5.90. The lowest BCUT2D eigenvalue weighted by Gasteiger charge is -2.02. The molecular weight excluding hydrogens is 150 g/mol. The third-order valence-corrected chi connectivity index (χ3v) is 1.79. The van der Waals surface area contributed by atoms with Crippen LogP contribution < -0.4 is 5.32 Å². The van der Waals surface area contributed by atoms with Crippen molar-refractivity contribution in [2.45, 2.75) is 6.92 Å². The van der Waals surface area contributed by atoms with E-state index >= 15 is 0 Å². The quantitative estimate of drug-likeness (QED) is 0.727. The summed E-state index contributed by atoms with van der Waals surface area (Å²) in [7, 11) is 0. The first kappa shape index (κ1) is 7.16. The SMILES string of the molecule is CCNc1ccn2cncc2c1. The Morgan fingerprint density at radius 2 is 2.50 bits per heavy atom. The standard InChI is InChI=1S/C9H11N3/c1-2-11-8-3-4-12-7-10-6-9(12)5-8/h3-7,11H,2H2,1H3. The molecule has 3 nitrogen and oxygen atoms in total. The number of anilines is 1. The fourth-order valence-electron chi connectivity index (χ4n) is 1.23. The minimum absolute atomic E-state index is 0.949. The van der Waals surface area contributed by atoms with Gasteiger partial charge in [-0.15, -0.1) is 0 Å². The first-order valence-corrected chi connectivity index (χ1v) is 4.06. The van der Waals surface area contributed by atoms with Crippen LogP contribution in [0, 0.1) is 0 Å². The molecule has 62 valence electrons. The van der Waals surface area contributed by atoms with Gasteiger partial charge in [-0.1, -0.05) is 0 Å². The second-order valence-electron chi connectivity index (χ2n) is 2.67. The Morgan fingerprint density at radius 3 is 3.33 bits per heavy atom. The lowest BCUT2D eigenvalue weighted by Crippen LogP contribution is -1.96. The highest BCUT2D eigenvalue weighted by Crippen LogP contribution is 2.10. The average molecular weight is 161 g/mol. The van der Waals surface area contributed by atoms with E-state index in [1.54, 1.807) is 6.33 Å². The van der Waals surface area contributed by atoms with Gasteiger partial charge in [-0.25, -0.2) is 4.98 Å². The number of fused-ring (bicyclic) bond motifs is 1. The van der Waals surface area contributed by atoms with Crippen LogP contribution in [0.4, 0.5) is 5.69 Å². The van der Waals surface area contributed by atoms with Crippen LogP contribution in [-0.4, -0.2) is 15.9 Å². The highest BCUT2D eigenvalue weighted by molar-refractivity contribution is 5.57. The Balaban J connectivity index is 2.46. The number of imidazole rings is 1. The fraction of sp³-hybridized carbons (Fsp3) is 0.222. The molecule has 2 rings (SSSR count). The van der Waals surface area contributed by atoms with E-state index in [1.807, 2.05) is 22.9 Å². The molecule has 0 aliphatic rings. The third kappa shape index (κ3) is 1.13. The van der Waals surface area contributed by atoms with E-state index in [9.17, 15) is 0 Å². The summed E-state index contributed by atoms with van der Waals surface area (Å²) in [6, 6.07) is 4.12. The van der Waals surface area contributed by atoms with E-state index in [1.165, 1.54) is 0 Å². The molecule has 0 spiro atoms. The lowest BCUT2D eigenvalue weighted by atomic mass is 10.3. The Kier molecular flexibility index (Phi) is 1.70. The van der Waals surface area contributed by atoms with E-state index in [2.05, 4.69) is 23.3 Å². The molecule has 0 radical (unpaired) electrons. The minimum atomic E-state index is 0.949. The number of pyridine rings is 1. The van der Waals surface area contributed by atoms with Crippen LogP contribution in [0.15, 0.2) is 30.9 Å². The maximum atomic E-state index is 4.04. The van der Waals surface area contributed by atoms with Crippen molar-refractivity contribution in [2.24, 2.45) is 0 Å². The lowest BCUT2D eigenvalue weighted by molar-refractivity contribution is 1.14. The Morgan fingerprint density at radius 1 is 1.58 bits per heavy atom. The predicted octanol–water partition coefficient (Wildman–Crippen LogP) is 1.77. The summed E-state index contributed by atoms with van der Waals surface area (Å²) in [6.07, 6.45) is 5.65. The monoisotopic (exact) mass is 161 g/mol. The van der Waals surface area contributed by atoms with Gasteiger partial charge in [-0.3, -0.25) is 0 Å².